The fourth-order valence-electron chi connectivity index (χ4n) is 1.84. The first-order valence-corrected chi connectivity index (χ1v) is 3.76. The SMILES string of the molecule is O=C1C[NH+]2CCC1(F)CC2.[O-2].[O-2].[O-2].[O-2].[Re]. The van der Waals surface area contributed by atoms with Crippen LogP contribution in [0.3, 0.4) is 0 Å². The van der Waals surface area contributed by atoms with Crippen LogP contribution in [0.2, 0.25) is 0 Å². The van der Waals surface area contributed by atoms with Gasteiger partial charge in [0.15, 0.2) is 5.67 Å². The molecule has 2 bridgehead atoms. The van der Waals surface area contributed by atoms with Gasteiger partial charge < -0.3 is 26.8 Å². The molecule has 0 amide bonds. The smallest absolute Gasteiger partial charge is 0.224 e. The largest absolute Gasteiger partial charge is 2.00 e. The van der Waals surface area contributed by atoms with Crippen LogP contribution in [-0.2, 0) is 47.1 Å². The molecule has 0 aromatic heterocycles. The van der Waals surface area contributed by atoms with Crippen LogP contribution in [0.15, 0.2) is 0 Å². The molecule has 0 aromatic carbocycles. The monoisotopic (exact) mass is 395 g/mol. The molecule has 15 heavy (non-hydrogen) atoms. The van der Waals surface area contributed by atoms with Crippen molar-refractivity contribution in [3.63, 3.8) is 0 Å². The fourth-order valence-corrected chi connectivity index (χ4v) is 1.84. The van der Waals surface area contributed by atoms with Crippen LogP contribution in [0, 0.1) is 0 Å². The van der Waals surface area contributed by atoms with E-state index < -0.39 is 5.67 Å². The minimum Gasteiger partial charge on any atom is -2.00 e. The maximum atomic E-state index is 13.4. The Morgan fingerprint density at radius 2 is 1.47 bits per heavy atom. The van der Waals surface area contributed by atoms with Crippen LogP contribution in [0.5, 0.6) is 0 Å². The van der Waals surface area contributed by atoms with E-state index >= 15 is 0 Å². The average molecular weight is 394 g/mol. The number of carbonyl (C=O) groups is 1. The van der Waals surface area contributed by atoms with Crippen molar-refractivity contribution < 1.29 is 56.4 Å². The Morgan fingerprint density at radius 1 is 1.07 bits per heavy atom. The fraction of sp³-hybridized carbons (Fsp3) is 0.857. The normalized spacial score (nSPS) is 30.7. The van der Waals surface area contributed by atoms with Crippen LogP contribution in [0.1, 0.15) is 12.8 Å². The Morgan fingerprint density at radius 3 is 1.67 bits per heavy atom. The maximum absolute atomic E-state index is 13.4. The van der Waals surface area contributed by atoms with E-state index in [9.17, 15) is 9.18 Å². The minimum atomic E-state index is -1.41. The quantitative estimate of drug-likeness (QED) is 0.525. The van der Waals surface area contributed by atoms with Gasteiger partial charge in [-0.2, -0.15) is 0 Å². The third kappa shape index (κ3) is 4.20. The van der Waals surface area contributed by atoms with Gasteiger partial charge >= 0.3 is 0 Å². The van der Waals surface area contributed by atoms with Crippen LogP contribution >= 0.6 is 0 Å². The molecule has 0 saturated carbocycles. The van der Waals surface area contributed by atoms with Gasteiger partial charge in [0.25, 0.3) is 0 Å². The molecule has 1 N–H and O–H groups in total. The van der Waals surface area contributed by atoms with Gasteiger partial charge in [0.2, 0.25) is 5.78 Å². The van der Waals surface area contributed by atoms with Gasteiger partial charge in [-0.15, -0.1) is 0 Å². The second-order valence-corrected chi connectivity index (χ2v) is 3.32. The molecular weight excluding hydrogens is 383 g/mol. The first-order chi connectivity index (χ1) is 4.71. The summed E-state index contributed by atoms with van der Waals surface area (Å²) in [5.41, 5.74) is -1.41. The van der Waals surface area contributed by atoms with E-state index in [4.69, 9.17) is 0 Å². The molecule has 3 aliphatic heterocycles. The predicted molar refractivity (Wildman–Crippen MR) is 36.4 cm³/mol. The van der Waals surface area contributed by atoms with E-state index in [1.165, 1.54) is 4.90 Å². The zero-order valence-electron chi connectivity index (χ0n) is 7.83. The predicted octanol–water partition coefficient (Wildman–Crippen LogP) is -1.52. The van der Waals surface area contributed by atoms with Gasteiger partial charge in [-0.25, -0.2) is 4.39 Å². The molecule has 95 valence electrons. The Balaban J connectivity index is -0.000000121. The number of halogens is 1. The second kappa shape index (κ2) is 8.24. The second-order valence-electron chi connectivity index (χ2n) is 3.32. The summed E-state index contributed by atoms with van der Waals surface area (Å²) in [6, 6.07) is 0. The van der Waals surface area contributed by atoms with Crippen LogP contribution in [0.25, 0.3) is 0 Å². The molecular formula is C7H11FNO5Re-7. The zero-order chi connectivity index (χ0) is 7.19. The molecule has 0 unspecified atom stereocenters. The molecule has 3 fully saturated rings. The number of rotatable bonds is 0. The summed E-state index contributed by atoms with van der Waals surface area (Å²) in [6.45, 7) is 2.13. The third-order valence-corrected chi connectivity index (χ3v) is 2.66. The Labute approximate surface area is 101 Å². The number of fused-ring (bicyclic) bond motifs is 3. The van der Waals surface area contributed by atoms with Gasteiger partial charge in [-0.3, -0.25) is 4.79 Å². The molecule has 0 aromatic rings. The third-order valence-electron chi connectivity index (χ3n) is 2.66. The minimum absolute atomic E-state index is 0. The number of carbonyl (C=O) groups excluding carboxylic acids is 1. The summed E-state index contributed by atoms with van der Waals surface area (Å²) in [5.74, 6) is -0.167. The standard InChI is InChI=1S/C7H10FNO.4O.Re/c8-7-1-3-9(4-2-7)5-6(7)10;;;;;/h1-5H2;;;;;/q;4*-2;/p+1. The van der Waals surface area contributed by atoms with Gasteiger partial charge in [0, 0.05) is 33.3 Å². The van der Waals surface area contributed by atoms with Crippen LogP contribution in [0.4, 0.5) is 4.39 Å². The first kappa shape index (κ1) is 24.3. The number of hydrogen-bond acceptors (Lipinski definition) is 1. The van der Waals surface area contributed by atoms with E-state index in [1.54, 1.807) is 0 Å². The number of quaternary nitrogens is 1. The summed E-state index contributed by atoms with van der Waals surface area (Å²) in [6.07, 6.45) is 0.919. The van der Waals surface area contributed by atoms with E-state index in [1.807, 2.05) is 0 Å². The topological polar surface area (TPSA) is 136 Å². The molecule has 3 heterocycles. The molecule has 3 saturated heterocycles. The summed E-state index contributed by atoms with van der Waals surface area (Å²) in [4.78, 5) is 12.2. The zero-order valence-corrected chi connectivity index (χ0v) is 10.5. The van der Waals surface area contributed by atoms with E-state index in [0.717, 1.165) is 13.1 Å². The Bertz CT molecular complexity index is 186. The van der Waals surface area contributed by atoms with Crippen molar-refractivity contribution in [2.75, 3.05) is 19.6 Å². The molecule has 0 atom stereocenters. The molecule has 6 nitrogen and oxygen atoms in total. The summed E-state index contributed by atoms with van der Waals surface area (Å²) in [5, 5.41) is 0. The van der Waals surface area contributed by atoms with Gasteiger partial charge in [0.1, 0.15) is 6.54 Å². The van der Waals surface area contributed by atoms with Crippen LogP contribution < -0.4 is 4.90 Å². The first-order valence-electron chi connectivity index (χ1n) is 3.76. The molecule has 1 radical (unpaired) electrons. The van der Waals surface area contributed by atoms with Crippen molar-refractivity contribution in [1.82, 2.24) is 0 Å². The van der Waals surface area contributed by atoms with Crippen LogP contribution in [-0.4, -0.2) is 31.1 Å². The molecule has 3 aliphatic rings. The average Bonchev–Trinajstić information content (AvgIpc) is 1.92. The number of Topliss-reactive ketones (excluding diaryl/α,β-unsaturated/α-hetero) is 1. The number of hydrogen-bond donors (Lipinski definition) is 1. The summed E-state index contributed by atoms with van der Waals surface area (Å²) < 4.78 is 13.4. The van der Waals surface area contributed by atoms with E-state index in [-0.39, 0.29) is 48.1 Å². The van der Waals surface area contributed by atoms with E-state index in [2.05, 4.69) is 0 Å². The molecule has 3 rings (SSSR count). The van der Waals surface area contributed by atoms with E-state index in [0.29, 0.717) is 19.4 Å². The van der Waals surface area contributed by atoms with Crippen molar-refractivity contribution in [1.29, 1.82) is 0 Å². The van der Waals surface area contributed by atoms with Gasteiger partial charge in [0.05, 0.1) is 13.1 Å². The van der Waals surface area contributed by atoms with Crippen molar-refractivity contribution in [2.45, 2.75) is 18.5 Å². The molecule has 8 heteroatoms. The Kier molecular flexibility index (Phi) is 13.4. The van der Waals surface area contributed by atoms with Crippen molar-refractivity contribution in [3.05, 3.63) is 0 Å². The van der Waals surface area contributed by atoms with Gasteiger partial charge in [-0.1, -0.05) is 0 Å². The summed E-state index contributed by atoms with van der Waals surface area (Å²) >= 11 is 0. The van der Waals surface area contributed by atoms with Gasteiger partial charge in [-0.05, 0) is 0 Å². The number of ketones is 1. The van der Waals surface area contributed by atoms with Crippen molar-refractivity contribution >= 4 is 5.78 Å². The summed E-state index contributed by atoms with van der Waals surface area (Å²) in [7, 11) is 0. The number of nitrogens with one attached hydrogen (secondary N) is 1. The number of piperidine rings is 3. The molecule has 0 aliphatic carbocycles. The van der Waals surface area contributed by atoms with Crippen molar-refractivity contribution in [2.24, 2.45) is 0 Å². The molecule has 0 spiro atoms. The number of alkyl halides is 1. The Hall–Kier alpha value is 0.0623. The maximum Gasteiger partial charge on any atom is 0.224 e. The van der Waals surface area contributed by atoms with Crippen molar-refractivity contribution in [3.8, 4) is 0 Å².